The van der Waals surface area contributed by atoms with Crippen LogP contribution in [0.2, 0.25) is 0 Å². The Morgan fingerprint density at radius 3 is 2.81 bits per heavy atom. The lowest BCUT2D eigenvalue weighted by Crippen LogP contribution is -2.27. The van der Waals surface area contributed by atoms with Crippen LogP contribution in [0.15, 0.2) is 4.52 Å². The van der Waals surface area contributed by atoms with Gasteiger partial charge in [0.25, 0.3) is 0 Å². The summed E-state index contributed by atoms with van der Waals surface area (Å²) in [7, 11) is 1.99. The van der Waals surface area contributed by atoms with Crippen LogP contribution in [-0.2, 0) is 11.8 Å². The maximum Gasteiger partial charge on any atom is 0.228 e. The van der Waals surface area contributed by atoms with Gasteiger partial charge in [0.15, 0.2) is 5.82 Å². The highest BCUT2D eigenvalue weighted by Crippen LogP contribution is 2.45. The number of hydrogen-bond donors (Lipinski definition) is 1. The predicted octanol–water partition coefficient (Wildman–Crippen LogP) is 2.05. The van der Waals surface area contributed by atoms with Crippen LogP contribution >= 0.6 is 0 Å². The van der Waals surface area contributed by atoms with E-state index in [2.05, 4.69) is 29.3 Å². The molecule has 16 heavy (non-hydrogen) atoms. The fourth-order valence-electron chi connectivity index (χ4n) is 1.90. The van der Waals surface area contributed by atoms with E-state index in [9.17, 15) is 0 Å². The Balaban J connectivity index is 1.96. The zero-order chi connectivity index (χ0) is 11.6. The Hall–Kier alpha value is -0.900. The first-order valence-corrected chi connectivity index (χ1v) is 6.18. The van der Waals surface area contributed by atoms with E-state index in [1.165, 1.54) is 19.3 Å². The first kappa shape index (κ1) is 11.6. The van der Waals surface area contributed by atoms with Crippen LogP contribution in [-0.4, -0.2) is 23.2 Å². The van der Waals surface area contributed by atoms with Crippen molar-refractivity contribution in [3.63, 3.8) is 0 Å². The quantitative estimate of drug-likeness (QED) is 0.802. The Bertz CT molecular complexity index is 344. The molecule has 1 N–H and O–H groups in total. The lowest BCUT2D eigenvalue weighted by atomic mass is 10.1. The maximum absolute atomic E-state index is 5.31. The smallest absolute Gasteiger partial charge is 0.228 e. The summed E-state index contributed by atoms with van der Waals surface area (Å²) < 4.78 is 5.31. The van der Waals surface area contributed by atoms with Crippen molar-refractivity contribution in [3.05, 3.63) is 11.7 Å². The molecule has 2 rings (SSSR count). The second-order valence-corrected chi connectivity index (χ2v) is 5.05. The van der Waals surface area contributed by atoms with Gasteiger partial charge in [0.05, 0.1) is 0 Å². The van der Waals surface area contributed by atoms with Crippen LogP contribution in [0.3, 0.4) is 0 Å². The van der Waals surface area contributed by atoms with Gasteiger partial charge in [0, 0.05) is 17.9 Å². The molecule has 0 radical (unpaired) electrons. The molecule has 1 fully saturated rings. The van der Waals surface area contributed by atoms with E-state index in [4.69, 9.17) is 4.52 Å². The lowest BCUT2D eigenvalue weighted by Gasteiger charge is -2.11. The average molecular weight is 223 g/mol. The first-order chi connectivity index (χ1) is 7.68. The minimum Gasteiger partial charge on any atom is -0.339 e. The van der Waals surface area contributed by atoms with Crippen LogP contribution in [0, 0.1) is 0 Å². The van der Waals surface area contributed by atoms with E-state index in [-0.39, 0.29) is 5.41 Å². The molecule has 0 spiro atoms. The summed E-state index contributed by atoms with van der Waals surface area (Å²) in [6.45, 7) is 4.39. The number of nitrogens with one attached hydrogen (secondary N) is 1. The summed E-state index contributed by atoms with van der Waals surface area (Å²) in [6, 6.07) is 0.449. The highest BCUT2D eigenvalue weighted by molar-refractivity contribution is 5.14. The minimum atomic E-state index is 0.210. The van der Waals surface area contributed by atoms with Crippen LogP contribution in [0.4, 0.5) is 0 Å². The van der Waals surface area contributed by atoms with Gasteiger partial charge < -0.3 is 9.84 Å². The number of rotatable bonds is 6. The largest absolute Gasteiger partial charge is 0.339 e. The average Bonchev–Trinajstić information content (AvgIpc) is 2.85. The van der Waals surface area contributed by atoms with Crippen molar-refractivity contribution in [1.82, 2.24) is 15.5 Å². The summed E-state index contributed by atoms with van der Waals surface area (Å²) in [5.41, 5.74) is 0.210. The van der Waals surface area contributed by atoms with Gasteiger partial charge in [-0.2, -0.15) is 4.98 Å². The second kappa shape index (κ2) is 4.53. The van der Waals surface area contributed by atoms with E-state index < -0.39 is 0 Å². The molecule has 0 amide bonds. The molecule has 0 aliphatic heterocycles. The van der Waals surface area contributed by atoms with Crippen molar-refractivity contribution in [3.8, 4) is 0 Å². The van der Waals surface area contributed by atoms with Gasteiger partial charge in [-0.25, -0.2) is 0 Å². The van der Waals surface area contributed by atoms with Gasteiger partial charge >= 0.3 is 0 Å². The third kappa shape index (κ3) is 2.43. The van der Waals surface area contributed by atoms with Gasteiger partial charge in [-0.3, -0.25) is 0 Å². The topological polar surface area (TPSA) is 51.0 Å². The summed E-state index contributed by atoms with van der Waals surface area (Å²) in [5.74, 6) is 1.67. The van der Waals surface area contributed by atoms with Crippen LogP contribution in [0.25, 0.3) is 0 Å². The molecule has 0 aromatic carbocycles. The predicted molar refractivity (Wildman–Crippen MR) is 62.3 cm³/mol. The summed E-state index contributed by atoms with van der Waals surface area (Å²) in [6.07, 6.45) is 5.54. The van der Waals surface area contributed by atoms with Crippen molar-refractivity contribution >= 4 is 0 Å². The highest BCUT2D eigenvalue weighted by atomic mass is 16.5. The summed E-state index contributed by atoms with van der Waals surface area (Å²) in [4.78, 5) is 4.50. The standard InChI is InChI=1S/C12H21N3O/c1-4-5-9(13-3)8-10-14-11(15-16-10)12(2)6-7-12/h9,13H,4-8H2,1-3H3. The number of likely N-dealkylation sites (N-methyl/N-ethyl adjacent to an activating group) is 1. The number of aromatic nitrogens is 2. The van der Waals surface area contributed by atoms with Gasteiger partial charge in [-0.15, -0.1) is 0 Å². The lowest BCUT2D eigenvalue weighted by molar-refractivity contribution is 0.349. The zero-order valence-corrected chi connectivity index (χ0v) is 10.4. The molecule has 0 bridgehead atoms. The maximum atomic E-state index is 5.31. The molecule has 1 aromatic rings. The van der Waals surface area contributed by atoms with Crippen LogP contribution < -0.4 is 5.32 Å². The molecule has 1 heterocycles. The summed E-state index contributed by atoms with van der Waals surface area (Å²) >= 11 is 0. The van der Waals surface area contributed by atoms with E-state index in [1.54, 1.807) is 0 Å². The third-order valence-electron chi connectivity index (χ3n) is 3.47. The Labute approximate surface area is 96.8 Å². The van der Waals surface area contributed by atoms with Gasteiger partial charge in [-0.05, 0) is 26.3 Å². The molecule has 1 atom stereocenters. The van der Waals surface area contributed by atoms with Crippen LogP contribution in [0.1, 0.15) is 51.2 Å². The van der Waals surface area contributed by atoms with Crippen molar-refractivity contribution in [2.24, 2.45) is 0 Å². The Morgan fingerprint density at radius 1 is 1.50 bits per heavy atom. The number of hydrogen-bond acceptors (Lipinski definition) is 4. The van der Waals surface area contributed by atoms with Crippen molar-refractivity contribution in [2.45, 2.75) is 57.4 Å². The molecular weight excluding hydrogens is 202 g/mol. The molecule has 4 heteroatoms. The van der Waals surface area contributed by atoms with E-state index in [1.807, 2.05) is 7.05 Å². The molecule has 1 aromatic heterocycles. The van der Waals surface area contributed by atoms with Crippen LogP contribution in [0.5, 0.6) is 0 Å². The van der Waals surface area contributed by atoms with Gasteiger partial charge in [0.2, 0.25) is 5.89 Å². The van der Waals surface area contributed by atoms with Crippen molar-refractivity contribution < 1.29 is 4.52 Å². The van der Waals surface area contributed by atoms with Gasteiger partial charge in [-0.1, -0.05) is 25.4 Å². The highest BCUT2D eigenvalue weighted by Gasteiger charge is 2.43. The SMILES string of the molecule is CCCC(Cc1nc(C2(C)CC2)no1)NC. The third-order valence-corrected chi connectivity index (χ3v) is 3.47. The fourth-order valence-corrected chi connectivity index (χ4v) is 1.90. The molecule has 1 aliphatic carbocycles. The normalized spacial score (nSPS) is 19.7. The van der Waals surface area contributed by atoms with Crippen molar-refractivity contribution in [2.75, 3.05) is 7.05 Å². The van der Waals surface area contributed by atoms with Gasteiger partial charge in [0.1, 0.15) is 0 Å². The zero-order valence-electron chi connectivity index (χ0n) is 10.4. The Morgan fingerprint density at radius 2 is 2.25 bits per heavy atom. The van der Waals surface area contributed by atoms with E-state index in [0.29, 0.717) is 6.04 Å². The Kier molecular flexibility index (Phi) is 3.28. The minimum absolute atomic E-state index is 0.210. The molecule has 0 saturated heterocycles. The molecule has 1 saturated carbocycles. The number of nitrogens with zero attached hydrogens (tertiary/aromatic N) is 2. The molecular formula is C12H21N3O. The van der Waals surface area contributed by atoms with E-state index in [0.717, 1.165) is 24.6 Å². The summed E-state index contributed by atoms with van der Waals surface area (Å²) in [5, 5.41) is 7.37. The molecule has 90 valence electrons. The molecule has 1 aliphatic rings. The second-order valence-electron chi connectivity index (χ2n) is 5.05. The van der Waals surface area contributed by atoms with Crippen molar-refractivity contribution in [1.29, 1.82) is 0 Å². The van der Waals surface area contributed by atoms with E-state index >= 15 is 0 Å². The molecule has 4 nitrogen and oxygen atoms in total. The fraction of sp³-hybridized carbons (Fsp3) is 0.833. The molecule has 1 unspecified atom stereocenters. The first-order valence-electron chi connectivity index (χ1n) is 6.18. The monoisotopic (exact) mass is 223 g/mol.